The number of rotatable bonds is 7. The van der Waals surface area contributed by atoms with Crippen molar-refractivity contribution in [2.24, 2.45) is 0 Å². The molecule has 2 aromatic carbocycles. The Balaban J connectivity index is 1.49. The largest absolute Gasteiger partial charge is 0.453 e. The highest BCUT2D eigenvalue weighted by Crippen LogP contribution is 2.24. The molecule has 0 fully saturated rings. The predicted molar refractivity (Wildman–Crippen MR) is 112 cm³/mol. The van der Waals surface area contributed by atoms with Crippen LogP contribution >= 0.6 is 11.6 Å². The molecule has 1 N–H and O–H groups in total. The van der Waals surface area contributed by atoms with Crippen LogP contribution in [0.1, 0.15) is 53.2 Å². The minimum Gasteiger partial charge on any atom is -0.453 e. The molecule has 2 aromatic rings. The fourth-order valence-electron chi connectivity index (χ4n) is 3.39. The van der Waals surface area contributed by atoms with Crippen LogP contribution in [-0.4, -0.2) is 23.8 Å². The lowest BCUT2D eigenvalue weighted by molar-refractivity contribution is -0.153. The second-order valence-electron chi connectivity index (χ2n) is 7.29. The van der Waals surface area contributed by atoms with E-state index < -0.39 is 18.0 Å². The fraction of sp³-hybridized carbons (Fsp3) is 0.348. The highest BCUT2D eigenvalue weighted by molar-refractivity contribution is 6.31. The number of halogens is 1. The van der Waals surface area contributed by atoms with E-state index in [1.54, 1.807) is 25.1 Å². The summed E-state index contributed by atoms with van der Waals surface area (Å²) in [6.45, 7) is 3.29. The number of benzene rings is 2. The van der Waals surface area contributed by atoms with Gasteiger partial charge in [0, 0.05) is 22.7 Å². The Morgan fingerprint density at radius 3 is 2.66 bits per heavy atom. The zero-order chi connectivity index (χ0) is 21.0. The van der Waals surface area contributed by atoms with Crippen molar-refractivity contribution in [3.63, 3.8) is 0 Å². The maximum atomic E-state index is 12.4. The van der Waals surface area contributed by atoms with E-state index >= 15 is 0 Å². The van der Waals surface area contributed by atoms with E-state index in [4.69, 9.17) is 16.3 Å². The van der Waals surface area contributed by atoms with Crippen LogP contribution in [0.15, 0.2) is 36.4 Å². The number of ketones is 1. The number of anilines is 1. The topological polar surface area (TPSA) is 72.5 Å². The second kappa shape index (κ2) is 9.23. The molecule has 0 aliphatic heterocycles. The molecule has 1 aliphatic carbocycles. The van der Waals surface area contributed by atoms with Crippen molar-refractivity contribution >= 4 is 34.9 Å². The van der Waals surface area contributed by atoms with Crippen molar-refractivity contribution in [2.75, 3.05) is 5.32 Å². The molecule has 3 rings (SSSR count). The van der Waals surface area contributed by atoms with Crippen molar-refractivity contribution in [3.8, 4) is 0 Å². The van der Waals surface area contributed by atoms with Gasteiger partial charge in [0.05, 0.1) is 6.42 Å². The number of ether oxygens (including phenoxy) is 1. The molecule has 0 unspecified atom stereocenters. The fourth-order valence-corrected chi connectivity index (χ4v) is 3.57. The normalized spacial score (nSPS) is 13.5. The number of amides is 1. The summed E-state index contributed by atoms with van der Waals surface area (Å²) in [6, 6.07) is 10.9. The zero-order valence-electron chi connectivity index (χ0n) is 16.6. The van der Waals surface area contributed by atoms with E-state index in [0.717, 1.165) is 24.8 Å². The molecule has 5 nitrogen and oxygen atoms in total. The molecule has 1 atom stereocenters. The van der Waals surface area contributed by atoms with E-state index in [0.29, 0.717) is 16.3 Å². The molecule has 1 aliphatic rings. The van der Waals surface area contributed by atoms with Gasteiger partial charge in [-0.3, -0.25) is 14.4 Å². The Kier molecular flexibility index (Phi) is 6.70. The van der Waals surface area contributed by atoms with Gasteiger partial charge < -0.3 is 10.1 Å². The highest BCUT2D eigenvalue weighted by atomic mass is 35.5. The van der Waals surface area contributed by atoms with Gasteiger partial charge in [-0.25, -0.2) is 0 Å². The van der Waals surface area contributed by atoms with Gasteiger partial charge in [0.25, 0.3) is 5.91 Å². The Hall–Kier alpha value is -2.66. The van der Waals surface area contributed by atoms with E-state index in [-0.39, 0.29) is 18.6 Å². The van der Waals surface area contributed by atoms with Gasteiger partial charge in [0.15, 0.2) is 11.9 Å². The molecule has 1 amide bonds. The van der Waals surface area contributed by atoms with Crippen LogP contribution in [0.2, 0.25) is 5.02 Å². The molecule has 0 saturated heterocycles. The summed E-state index contributed by atoms with van der Waals surface area (Å²) in [5.74, 6) is -1.12. The van der Waals surface area contributed by atoms with Gasteiger partial charge in [0.1, 0.15) is 0 Å². The lowest BCUT2D eigenvalue weighted by Gasteiger charge is -2.15. The number of nitrogens with one attached hydrogen (secondary N) is 1. The minimum atomic E-state index is -0.976. The van der Waals surface area contributed by atoms with Gasteiger partial charge in [-0.2, -0.15) is 0 Å². The van der Waals surface area contributed by atoms with Crippen LogP contribution in [-0.2, 0) is 27.2 Å². The predicted octanol–water partition coefficient (Wildman–Crippen LogP) is 4.67. The molecule has 152 valence electrons. The molecule has 29 heavy (non-hydrogen) atoms. The van der Waals surface area contributed by atoms with Crippen molar-refractivity contribution in [3.05, 3.63) is 63.7 Å². The minimum absolute atomic E-state index is 0.0549. The zero-order valence-corrected chi connectivity index (χ0v) is 17.3. The van der Waals surface area contributed by atoms with Crippen LogP contribution in [0.4, 0.5) is 5.69 Å². The van der Waals surface area contributed by atoms with Crippen LogP contribution in [0.3, 0.4) is 0 Å². The summed E-state index contributed by atoms with van der Waals surface area (Å²) in [5, 5.41) is 3.24. The summed E-state index contributed by atoms with van der Waals surface area (Å²) in [6.07, 6.45) is 2.19. The number of hydrogen-bond donors (Lipinski definition) is 1. The number of hydrogen-bond acceptors (Lipinski definition) is 4. The first-order valence-corrected chi connectivity index (χ1v) is 10.1. The number of aryl methyl sites for hydroxylation is 2. The third-order valence-corrected chi connectivity index (χ3v) is 5.59. The summed E-state index contributed by atoms with van der Waals surface area (Å²) < 4.78 is 5.18. The van der Waals surface area contributed by atoms with Crippen LogP contribution < -0.4 is 5.32 Å². The summed E-state index contributed by atoms with van der Waals surface area (Å²) >= 11 is 6.05. The Bertz CT molecular complexity index is 954. The quantitative estimate of drug-likeness (QED) is 0.528. The summed E-state index contributed by atoms with van der Waals surface area (Å²) in [5.41, 5.74) is 4.45. The van der Waals surface area contributed by atoms with Gasteiger partial charge in [-0.15, -0.1) is 0 Å². The Morgan fingerprint density at radius 1 is 1.10 bits per heavy atom. The van der Waals surface area contributed by atoms with E-state index in [2.05, 4.69) is 5.32 Å². The lowest BCUT2D eigenvalue weighted by atomic mass is 10.0. The number of Topliss-reactive ketones (excluding diaryl/α,β-unsaturated/α-hetero) is 1. The average Bonchev–Trinajstić information content (AvgIpc) is 3.17. The molecule has 0 heterocycles. The highest BCUT2D eigenvalue weighted by Gasteiger charge is 2.20. The standard InChI is InChI=1S/C23H24ClNO4/c1-14-19(24)7-4-8-20(14)25-23(28)15(2)29-22(27)12-11-21(26)18-10-9-16-5-3-6-17(16)13-18/h4,7-10,13,15H,3,5-6,11-12H2,1-2H3,(H,25,28)/t15-/m0/s1. The maximum absolute atomic E-state index is 12.4. The van der Waals surface area contributed by atoms with Crippen molar-refractivity contribution in [1.29, 1.82) is 0 Å². The first-order valence-electron chi connectivity index (χ1n) is 9.75. The van der Waals surface area contributed by atoms with Crippen LogP contribution in [0.25, 0.3) is 0 Å². The van der Waals surface area contributed by atoms with E-state index in [1.807, 2.05) is 18.2 Å². The molecule has 0 saturated carbocycles. The summed E-state index contributed by atoms with van der Waals surface area (Å²) in [7, 11) is 0. The number of esters is 1. The van der Waals surface area contributed by atoms with Crippen LogP contribution in [0.5, 0.6) is 0 Å². The maximum Gasteiger partial charge on any atom is 0.307 e. The molecule has 0 aromatic heterocycles. The van der Waals surface area contributed by atoms with Gasteiger partial charge >= 0.3 is 5.97 Å². The van der Waals surface area contributed by atoms with Crippen LogP contribution in [0, 0.1) is 6.92 Å². The second-order valence-corrected chi connectivity index (χ2v) is 7.70. The van der Waals surface area contributed by atoms with Crippen molar-refractivity contribution < 1.29 is 19.1 Å². The molecule has 0 bridgehead atoms. The van der Waals surface area contributed by atoms with Gasteiger partial charge in [-0.05, 0) is 68.0 Å². The third-order valence-electron chi connectivity index (χ3n) is 5.18. The molecular formula is C23H24ClNO4. The molecule has 0 radical (unpaired) electrons. The van der Waals surface area contributed by atoms with Crippen molar-refractivity contribution in [1.82, 2.24) is 0 Å². The number of carbonyl (C=O) groups is 3. The lowest BCUT2D eigenvalue weighted by Crippen LogP contribution is -2.30. The Labute approximate surface area is 175 Å². The van der Waals surface area contributed by atoms with Gasteiger partial charge in [-0.1, -0.05) is 29.8 Å². The number of carbonyl (C=O) groups excluding carboxylic acids is 3. The Morgan fingerprint density at radius 2 is 1.86 bits per heavy atom. The molecular weight excluding hydrogens is 390 g/mol. The molecule has 0 spiro atoms. The number of fused-ring (bicyclic) bond motifs is 1. The third kappa shape index (κ3) is 5.24. The SMILES string of the molecule is Cc1c(Cl)cccc1NC(=O)[C@H](C)OC(=O)CCC(=O)c1ccc2c(c1)CCC2. The average molecular weight is 414 g/mol. The smallest absolute Gasteiger partial charge is 0.307 e. The van der Waals surface area contributed by atoms with Crippen molar-refractivity contribution in [2.45, 2.75) is 52.1 Å². The molecule has 6 heteroatoms. The van der Waals surface area contributed by atoms with E-state index in [1.165, 1.54) is 18.1 Å². The first kappa shape index (κ1) is 21.1. The van der Waals surface area contributed by atoms with Gasteiger partial charge in [0.2, 0.25) is 0 Å². The first-order chi connectivity index (χ1) is 13.8. The van der Waals surface area contributed by atoms with E-state index in [9.17, 15) is 14.4 Å². The monoisotopic (exact) mass is 413 g/mol. The summed E-state index contributed by atoms with van der Waals surface area (Å²) in [4.78, 5) is 36.7.